The van der Waals surface area contributed by atoms with Gasteiger partial charge in [0.1, 0.15) is 0 Å². The fourth-order valence-electron chi connectivity index (χ4n) is 1.69. The van der Waals surface area contributed by atoms with E-state index in [1.807, 2.05) is 13.8 Å². The van der Waals surface area contributed by atoms with Crippen LogP contribution in [0.2, 0.25) is 0 Å². The van der Waals surface area contributed by atoms with Gasteiger partial charge in [0.2, 0.25) is 0 Å². The van der Waals surface area contributed by atoms with E-state index in [9.17, 15) is 5.11 Å². The van der Waals surface area contributed by atoms with Crippen LogP contribution in [0.15, 0.2) is 0 Å². The molecule has 0 aromatic carbocycles. The van der Waals surface area contributed by atoms with Gasteiger partial charge >= 0.3 is 0 Å². The van der Waals surface area contributed by atoms with Crippen LogP contribution in [0, 0.1) is 0 Å². The van der Waals surface area contributed by atoms with E-state index >= 15 is 0 Å². The Hall–Kier alpha value is -0.120. The van der Waals surface area contributed by atoms with Gasteiger partial charge in [0.25, 0.3) is 0 Å². The van der Waals surface area contributed by atoms with Crippen LogP contribution in [-0.4, -0.2) is 47.4 Å². The summed E-state index contributed by atoms with van der Waals surface area (Å²) in [7, 11) is 0. The van der Waals surface area contributed by atoms with E-state index in [4.69, 9.17) is 4.74 Å². The molecule has 13 heavy (non-hydrogen) atoms. The number of ether oxygens (including phenoxy) is 1. The van der Waals surface area contributed by atoms with E-state index in [1.165, 1.54) is 0 Å². The minimum Gasteiger partial charge on any atom is -0.389 e. The summed E-state index contributed by atoms with van der Waals surface area (Å²) in [6, 6.07) is 0.419. The Labute approximate surface area is 80.7 Å². The number of hydrogen-bond donors (Lipinski definition) is 1. The van der Waals surface area contributed by atoms with E-state index in [2.05, 4.69) is 18.7 Å². The molecule has 0 radical (unpaired) electrons. The maximum Gasteiger partial charge on any atom is 0.0718 e. The molecule has 3 heteroatoms. The summed E-state index contributed by atoms with van der Waals surface area (Å²) in [6.45, 7) is 10.3. The number of hydrogen-bond acceptors (Lipinski definition) is 3. The second-order valence-corrected chi connectivity index (χ2v) is 4.73. The monoisotopic (exact) mass is 187 g/mol. The Morgan fingerprint density at radius 2 is 2.08 bits per heavy atom. The molecule has 0 aromatic heterocycles. The van der Waals surface area contributed by atoms with Crippen LogP contribution < -0.4 is 0 Å². The summed E-state index contributed by atoms with van der Waals surface area (Å²) in [5.41, 5.74) is -0.606. The van der Waals surface area contributed by atoms with Gasteiger partial charge in [0, 0.05) is 19.1 Å². The SMILES string of the molecule is CC1CN(CC(C)(C)O)C(C)CO1. The highest BCUT2D eigenvalue weighted by Crippen LogP contribution is 2.14. The van der Waals surface area contributed by atoms with Gasteiger partial charge in [0.15, 0.2) is 0 Å². The minimum absolute atomic E-state index is 0.290. The van der Waals surface area contributed by atoms with Crippen molar-refractivity contribution >= 4 is 0 Å². The summed E-state index contributed by atoms with van der Waals surface area (Å²) in [5, 5.41) is 9.69. The highest BCUT2D eigenvalue weighted by molar-refractivity contribution is 4.80. The van der Waals surface area contributed by atoms with Crippen molar-refractivity contribution in [2.24, 2.45) is 0 Å². The molecule has 1 N–H and O–H groups in total. The molecule has 78 valence electrons. The van der Waals surface area contributed by atoms with Crippen LogP contribution >= 0.6 is 0 Å². The maximum absolute atomic E-state index is 9.69. The first-order valence-electron chi connectivity index (χ1n) is 4.96. The third-order valence-electron chi connectivity index (χ3n) is 2.33. The van der Waals surface area contributed by atoms with Crippen molar-refractivity contribution in [3.8, 4) is 0 Å². The largest absolute Gasteiger partial charge is 0.389 e. The Morgan fingerprint density at radius 1 is 1.46 bits per heavy atom. The van der Waals surface area contributed by atoms with E-state index < -0.39 is 5.60 Å². The average molecular weight is 187 g/mol. The maximum atomic E-state index is 9.69. The van der Waals surface area contributed by atoms with E-state index in [0.29, 0.717) is 12.1 Å². The molecule has 1 aliphatic rings. The van der Waals surface area contributed by atoms with Gasteiger partial charge < -0.3 is 9.84 Å². The Bertz CT molecular complexity index is 165. The second kappa shape index (κ2) is 3.95. The summed E-state index contributed by atoms with van der Waals surface area (Å²) in [4.78, 5) is 2.29. The first-order chi connectivity index (χ1) is 5.88. The van der Waals surface area contributed by atoms with Crippen LogP contribution in [0.25, 0.3) is 0 Å². The highest BCUT2D eigenvalue weighted by Gasteiger charge is 2.27. The van der Waals surface area contributed by atoms with Crippen LogP contribution in [0.1, 0.15) is 27.7 Å². The topological polar surface area (TPSA) is 32.7 Å². The summed E-state index contributed by atoms with van der Waals surface area (Å²) in [5.74, 6) is 0. The molecule has 0 bridgehead atoms. The number of β-amino-alcohol motifs (C(OH)–C–C–N with tert-alkyl or cyclic N) is 1. The van der Waals surface area contributed by atoms with E-state index in [1.54, 1.807) is 0 Å². The number of morpholine rings is 1. The zero-order chi connectivity index (χ0) is 10.1. The Kier molecular flexibility index (Phi) is 3.33. The Balaban J connectivity index is 2.47. The molecule has 1 heterocycles. The molecular formula is C10H21NO2. The molecule has 1 saturated heterocycles. The van der Waals surface area contributed by atoms with Crippen molar-refractivity contribution in [3.63, 3.8) is 0 Å². The zero-order valence-corrected chi connectivity index (χ0v) is 9.08. The first kappa shape index (κ1) is 11.0. The summed E-state index contributed by atoms with van der Waals surface area (Å²) < 4.78 is 5.51. The highest BCUT2D eigenvalue weighted by atomic mass is 16.5. The molecule has 2 unspecified atom stereocenters. The Morgan fingerprint density at radius 3 is 2.62 bits per heavy atom. The van der Waals surface area contributed by atoms with Crippen LogP contribution in [0.5, 0.6) is 0 Å². The van der Waals surface area contributed by atoms with Gasteiger partial charge in [-0.05, 0) is 27.7 Å². The van der Waals surface area contributed by atoms with Crippen molar-refractivity contribution in [2.45, 2.75) is 45.4 Å². The predicted molar refractivity (Wildman–Crippen MR) is 52.7 cm³/mol. The van der Waals surface area contributed by atoms with Gasteiger partial charge in [-0.2, -0.15) is 0 Å². The lowest BCUT2D eigenvalue weighted by atomic mass is 10.1. The fourth-order valence-corrected chi connectivity index (χ4v) is 1.69. The summed E-state index contributed by atoms with van der Waals surface area (Å²) in [6.07, 6.45) is 0.290. The zero-order valence-electron chi connectivity index (χ0n) is 9.08. The molecule has 1 fully saturated rings. The van der Waals surface area contributed by atoms with Crippen molar-refractivity contribution in [1.29, 1.82) is 0 Å². The van der Waals surface area contributed by atoms with Crippen molar-refractivity contribution < 1.29 is 9.84 Å². The standard InChI is InChI=1S/C10H21NO2/c1-8-6-13-9(2)5-11(8)7-10(3,4)12/h8-9,12H,5-7H2,1-4H3. The average Bonchev–Trinajstić information content (AvgIpc) is 1.94. The molecule has 0 amide bonds. The smallest absolute Gasteiger partial charge is 0.0718 e. The number of aliphatic hydroxyl groups is 1. The molecule has 0 aliphatic carbocycles. The predicted octanol–water partition coefficient (Wildman–Crippen LogP) is 0.866. The quantitative estimate of drug-likeness (QED) is 0.696. The molecular weight excluding hydrogens is 166 g/mol. The molecule has 0 saturated carbocycles. The number of rotatable bonds is 2. The van der Waals surface area contributed by atoms with Crippen molar-refractivity contribution in [1.82, 2.24) is 4.90 Å². The lowest BCUT2D eigenvalue weighted by Crippen LogP contribution is -2.52. The van der Waals surface area contributed by atoms with Crippen LogP contribution in [-0.2, 0) is 4.74 Å². The minimum atomic E-state index is -0.606. The van der Waals surface area contributed by atoms with Crippen LogP contribution in [0.4, 0.5) is 0 Å². The van der Waals surface area contributed by atoms with Crippen LogP contribution in [0.3, 0.4) is 0 Å². The van der Waals surface area contributed by atoms with Gasteiger partial charge in [-0.15, -0.1) is 0 Å². The molecule has 0 spiro atoms. The number of nitrogens with zero attached hydrogens (tertiary/aromatic N) is 1. The lowest BCUT2D eigenvalue weighted by molar-refractivity contribution is -0.0751. The molecule has 1 aliphatic heterocycles. The molecule has 2 atom stereocenters. The second-order valence-electron chi connectivity index (χ2n) is 4.73. The van der Waals surface area contributed by atoms with Crippen molar-refractivity contribution in [2.75, 3.05) is 19.7 Å². The molecule has 1 rings (SSSR count). The third kappa shape index (κ3) is 3.63. The molecule has 0 aromatic rings. The summed E-state index contributed by atoms with van der Waals surface area (Å²) >= 11 is 0. The third-order valence-corrected chi connectivity index (χ3v) is 2.33. The van der Waals surface area contributed by atoms with E-state index in [-0.39, 0.29) is 0 Å². The molecule has 3 nitrogen and oxygen atoms in total. The van der Waals surface area contributed by atoms with Gasteiger partial charge in [-0.1, -0.05) is 0 Å². The normalized spacial score (nSPS) is 32.1. The van der Waals surface area contributed by atoms with Gasteiger partial charge in [-0.3, -0.25) is 4.90 Å². The van der Waals surface area contributed by atoms with Gasteiger partial charge in [-0.25, -0.2) is 0 Å². The lowest BCUT2D eigenvalue weighted by Gasteiger charge is -2.39. The fraction of sp³-hybridized carbons (Fsp3) is 1.00. The van der Waals surface area contributed by atoms with Crippen molar-refractivity contribution in [3.05, 3.63) is 0 Å². The first-order valence-corrected chi connectivity index (χ1v) is 4.96. The van der Waals surface area contributed by atoms with E-state index in [0.717, 1.165) is 19.7 Å². The van der Waals surface area contributed by atoms with Gasteiger partial charge in [0.05, 0.1) is 18.3 Å².